The van der Waals surface area contributed by atoms with Crippen molar-refractivity contribution in [3.05, 3.63) is 33.8 Å². The van der Waals surface area contributed by atoms with Gasteiger partial charge in [-0.15, -0.1) is 0 Å². The number of carbonyl (C=O) groups excluding carboxylic acids is 1. The number of nitrogens with zero attached hydrogens (tertiary/aromatic N) is 1. The summed E-state index contributed by atoms with van der Waals surface area (Å²) in [5, 5.41) is 13.7. The second-order valence-corrected chi connectivity index (χ2v) is 6.25. The van der Waals surface area contributed by atoms with Gasteiger partial charge < -0.3 is 15.3 Å². The Morgan fingerprint density at radius 2 is 2.00 bits per heavy atom. The Hall–Kier alpha value is -0.810. The van der Waals surface area contributed by atoms with Gasteiger partial charge in [-0.05, 0) is 38.7 Å². The SMILES string of the molecule is CN(C)CC(C)(O)CNC(=O)Cc1ccc(Cl)c(Cl)c1. The standard InChI is InChI=1S/C14H20Cl2N2O2/c1-14(20,9-18(2)3)8-17-13(19)7-10-4-5-11(15)12(16)6-10/h4-6,20H,7-9H2,1-3H3,(H,17,19). The van der Waals surface area contributed by atoms with Gasteiger partial charge >= 0.3 is 0 Å². The molecule has 1 unspecified atom stereocenters. The quantitative estimate of drug-likeness (QED) is 0.843. The van der Waals surface area contributed by atoms with Gasteiger partial charge in [0.15, 0.2) is 0 Å². The maximum Gasteiger partial charge on any atom is 0.224 e. The Labute approximate surface area is 129 Å². The number of carbonyl (C=O) groups is 1. The summed E-state index contributed by atoms with van der Waals surface area (Å²) in [4.78, 5) is 13.7. The van der Waals surface area contributed by atoms with E-state index in [1.54, 1.807) is 25.1 Å². The maximum absolute atomic E-state index is 11.8. The van der Waals surface area contributed by atoms with Gasteiger partial charge in [-0.3, -0.25) is 4.79 Å². The molecule has 1 rings (SSSR count). The highest BCUT2D eigenvalue weighted by Crippen LogP contribution is 2.22. The van der Waals surface area contributed by atoms with E-state index in [1.165, 1.54) is 0 Å². The Balaban J connectivity index is 2.49. The highest BCUT2D eigenvalue weighted by molar-refractivity contribution is 6.42. The number of amides is 1. The van der Waals surface area contributed by atoms with Crippen molar-refractivity contribution in [3.8, 4) is 0 Å². The molecule has 0 fully saturated rings. The Kier molecular flexibility index (Phi) is 6.27. The van der Waals surface area contributed by atoms with Crippen LogP contribution in [0.15, 0.2) is 18.2 Å². The molecule has 0 bridgehead atoms. The first kappa shape index (κ1) is 17.2. The Bertz CT molecular complexity index is 476. The molecule has 0 aromatic heterocycles. The van der Waals surface area contributed by atoms with Crippen LogP contribution < -0.4 is 5.32 Å². The van der Waals surface area contributed by atoms with Crippen LogP contribution in [0.4, 0.5) is 0 Å². The number of hydrogen-bond acceptors (Lipinski definition) is 3. The van der Waals surface area contributed by atoms with Crippen LogP contribution in [0.25, 0.3) is 0 Å². The largest absolute Gasteiger partial charge is 0.387 e. The molecule has 0 aliphatic heterocycles. The van der Waals surface area contributed by atoms with Crippen molar-refractivity contribution in [1.29, 1.82) is 0 Å². The fraction of sp³-hybridized carbons (Fsp3) is 0.500. The fourth-order valence-electron chi connectivity index (χ4n) is 1.92. The Morgan fingerprint density at radius 1 is 1.35 bits per heavy atom. The molecule has 4 nitrogen and oxygen atoms in total. The molecule has 1 aromatic carbocycles. The van der Waals surface area contributed by atoms with Gasteiger partial charge in [0.25, 0.3) is 0 Å². The zero-order valence-corrected chi connectivity index (χ0v) is 13.4. The van der Waals surface area contributed by atoms with Crippen LogP contribution in [0, 0.1) is 0 Å². The van der Waals surface area contributed by atoms with E-state index in [9.17, 15) is 9.90 Å². The van der Waals surface area contributed by atoms with Crippen molar-refractivity contribution < 1.29 is 9.90 Å². The van der Waals surface area contributed by atoms with E-state index >= 15 is 0 Å². The molecular formula is C14H20Cl2N2O2. The van der Waals surface area contributed by atoms with E-state index in [0.29, 0.717) is 16.6 Å². The van der Waals surface area contributed by atoms with E-state index in [1.807, 2.05) is 19.0 Å². The lowest BCUT2D eigenvalue weighted by atomic mass is 10.1. The summed E-state index contributed by atoms with van der Waals surface area (Å²) in [7, 11) is 3.73. The summed E-state index contributed by atoms with van der Waals surface area (Å²) in [5.41, 5.74) is -0.180. The molecule has 0 radical (unpaired) electrons. The van der Waals surface area contributed by atoms with Crippen LogP contribution in [-0.2, 0) is 11.2 Å². The average Bonchev–Trinajstić information content (AvgIpc) is 2.30. The van der Waals surface area contributed by atoms with Crippen LogP contribution >= 0.6 is 23.2 Å². The molecule has 1 aromatic rings. The van der Waals surface area contributed by atoms with Gasteiger partial charge in [0.05, 0.1) is 22.1 Å². The van der Waals surface area contributed by atoms with Gasteiger partial charge in [-0.1, -0.05) is 29.3 Å². The third kappa shape index (κ3) is 6.09. The first-order chi connectivity index (χ1) is 9.19. The molecule has 0 heterocycles. The molecule has 1 amide bonds. The predicted molar refractivity (Wildman–Crippen MR) is 82.4 cm³/mol. The van der Waals surface area contributed by atoms with E-state index in [0.717, 1.165) is 5.56 Å². The molecule has 0 aliphatic carbocycles. The van der Waals surface area contributed by atoms with Crippen LogP contribution in [0.3, 0.4) is 0 Å². The number of halogens is 2. The summed E-state index contributed by atoms with van der Waals surface area (Å²) in [6.07, 6.45) is 0.203. The van der Waals surface area contributed by atoms with E-state index < -0.39 is 5.60 Å². The van der Waals surface area contributed by atoms with E-state index in [4.69, 9.17) is 23.2 Å². The third-order valence-corrected chi connectivity index (χ3v) is 3.41. The van der Waals surface area contributed by atoms with Gasteiger partial charge in [0.2, 0.25) is 5.91 Å². The molecule has 6 heteroatoms. The normalized spacial score (nSPS) is 14.2. The van der Waals surface area contributed by atoms with Crippen molar-refractivity contribution in [2.75, 3.05) is 27.2 Å². The number of aliphatic hydroxyl groups is 1. The second kappa shape index (κ2) is 7.27. The molecule has 0 saturated heterocycles. The van der Waals surface area contributed by atoms with Crippen LogP contribution in [0.1, 0.15) is 12.5 Å². The van der Waals surface area contributed by atoms with Crippen molar-refractivity contribution >= 4 is 29.1 Å². The molecule has 0 spiro atoms. The highest BCUT2D eigenvalue weighted by Gasteiger charge is 2.22. The molecule has 112 valence electrons. The summed E-state index contributed by atoms with van der Waals surface area (Å²) < 4.78 is 0. The number of benzene rings is 1. The van der Waals surface area contributed by atoms with Crippen molar-refractivity contribution in [2.24, 2.45) is 0 Å². The summed E-state index contributed by atoms with van der Waals surface area (Å²) in [6.45, 7) is 2.36. The lowest BCUT2D eigenvalue weighted by Gasteiger charge is -2.27. The first-order valence-electron chi connectivity index (χ1n) is 6.27. The van der Waals surface area contributed by atoms with Crippen molar-refractivity contribution in [3.63, 3.8) is 0 Å². The summed E-state index contributed by atoms with van der Waals surface area (Å²) in [5.74, 6) is -0.164. The first-order valence-corrected chi connectivity index (χ1v) is 7.03. The zero-order valence-electron chi connectivity index (χ0n) is 11.9. The monoisotopic (exact) mass is 318 g/mol. The number of likely N-dealkylation sites (N-methyl/N-ethyl adjacent to an activating group) is 1. The molecule has 2 N–H and O–H groups in total. The molecular weight excluding hydrogens is 299 g/mol. The van der Waals surface area contributed by atoms with E-state index in [-0.39, 0.29) is 18.9 Å². The topological polar surface area (TPSA) is 52.6 Å². The van der Waals surface area contributed by atoms with Gasteiger partial charge in [0, 0.05) is 13.1 Å². The van der Waals surface area contributed by atoms with Gasteiger partial charge in [-0.25, -0.2) is 0 Å². The molecule has 20 heavy (non-hydrogen) atoms. The minimum atomic E-state index is -0.962. The minimum absolute atomic E-state index is 0.164. The lowest BCUT2D eigenvalue weighted by molar-refractivity contribution is -0.121. The number of nitrogens with one attached hydrogen (secondary N) is 1. The molecule has 1 atom stereocenters. The minimum Gasteiger partial charge on any atom is -0.387 e. The fourth-order valence-corrected chi connectivity index (χ4v) is 2.24. The average molecular weight is 319 g/mol. The van der Waals surface area contributed by atoms with Gasteiger partial charge in [-0.2, -0.15) is 0 Å². The lowest BCUT2D eigenvalue weighted by Crippen LogP contribution is -2.47. The van der Waals surface area contributed by atoms with Crippen LogP contribution in [0.2, 0.25) is 10.0 Å². The van der Waals surface area contributed by atoms with Crippen LogP contribution in [0.5, 0.6) is 0 Å². The van der Waals surface area contributed by atoms with E-state index in [2.05, 4.69) is 5.32 Å². The number of rotatable bonds is 6. The Morgan fingerprint density at radius 3 is 2.55 bits per heavy atom. The number of hydrogen-bond donors (Lipinski definition) is 2. The second-order valence-electron chi connectivity index (χ2n) is 5.44. The van der Waals surface area contributed by atoms with Gasteiger partial charge in [0.1, 0.15) is 0 Å². The van der Waals surface area contributed by atoms with Crippen LogP contribution in [-0.4, -0.2) is 48.7 Å². The zero-order chi connectivity index (χ0) is 15.3. The van der Waals surface area contributed by atoms with Crippen molar-refractivity contribution in [1.82, 2.24) is 10.2 Å². The smallest absolute Gasteiger partial charge is 0.224 e. The summed E-state index contributed by atoms with van der Waals surface area (Å²) >= 11 is 11.7. The highest BCUT2D eigenvalue weighted by atomic mass is 35.5. The van der Waals surface area contributed by atoms with Crippen molar-refractivity contribution in [2.45, 2.75) is 18.9 Å². The molecule has 0 saturated carbocycles. The summed E-state index contributed by atoms with van der Waals surface area (Å²) in [6, 6.07) is 5.09. The molecule has 0 aliphatic rings. The third-order valence-electron chi connectivity index (χ3n) is 2.67. The predicted octanol–water partition coefficient (Wildman–Crippen LogP) is 1.96. The maximum atomic E-state index is 11.8.